The van der Waals surface area contributed by atoms with Crippen LogP contribution in [0.4, 0.5) is 0 Å². The van der Waals surface area contributed by atoms with Crippen molar-refractivity contribution < 1.29 is 24.2 Å². The number of amides is 2. The van der Waals surface area contributed by atoms with Gasteiger partial charge in [-0.15, -0.1) is 11.8 Å². The first kappa shape index (κ1) is 24.4. The highest BCUT2D eigenvalue weighted by Crippen LogP contribution is 2.69. The lowest BCUT2D eigenvalue weighted by molar-refractivity contribution is -0.154. The van der Waals surface area contributed by atoms with E-state index in [9.17, 15) is 19.5 Å². The monoisotopic (exact) mass is 454 g/mol. The molecule has 3 rings (SSSR count). The quantitative estimate of drug-likeness (QED) is 0.573. The fourth-order valence-electron chi connectivity index (χ4n) is 5.87. The Morgan fingerprint density at radius 3 is 2.52 bits per heavy atom. The van der Waals surface area contributed by atoms with Crippen LogP contribution in [0, 0.1) is 23.7 Å². The number of nitrogens with zero attached hydrogens (tertiary/aromatic N) is 1. The van der Waals surface area contributed by atoms with E-state index < -0.39 is 34.2 Å². The second-order valence-electron chi connectivity index (χ2n) is 10.4. The molecule has 1 spiro atoms. The zero-order valence-corrected chi connectivity index (χ0v) is 20.6. The van der Waals surface area contributed by atoms with Crippen LogP contribution >= 0.6 is 11.8 Å². The topological polar surface area (TPSA) is 95.9 Å². The Morgan fingerprint density at radius 1 is 1.35 bits per heavy atom. The number of esters is 1. The van der Waals surface area contributed by atoms with E-state index in [1.807, 2.05) is 34.6 Å². The van der Waals surface area contributed by atoms with Crippen LogP contribution in [0.5, 0.6) is 0 Å². The first-order valence-corrected chi connectivity index (χ1v) is 12.4. The van der Waals surface area contributed by atoms with Gasteiger partial charge in [0.25, 0.3) is 0 Å². The molecular weight excluding hydrogens is 416 g/mol. The van der Waals surface area contributed by atoms with E-state index >= 15 is 0 Å². The predicted octanol–water partition coefficient (Wildman–Crippen LogP) is 2.21. The van der Waals surface area contributed by atoms with Crippen LogP contribution in [0.15, 0.2) is 0 Å². The number of fused-ring (bicyclic) bond motifs is 1. The van der Waals surface area contributed by atoms with Crippen LogP contribution in [0.3, 0.4) is 0 Å². The van der Waals surface area contributed by atoms with E-state index in [0.29, 0.717) is 0 Å². The Bertz CT molecular complexity index is 738. The van der Waals surface area contributed by atoms with Crippen molar-refractivity contribution in [3.8, 4) is 0 Å². The van der Waals surface area contributed by atoms with E-state index in [2.05, 4.69) is 12.2 Å². The van der Waals surface area contributed by atoms with Crippen molar-refractivity contribution in [1.29, 1.82) is 0 Å². The number of likely N-dealkylation sites (tertiary alicyclic amines) is 1. The largest absolute Gasteiger partial charge is 0.466 e. The van der Waals surface area contributed by atoms with Crippen molar-refractivity contribution in [2.75, 3.05) is 13.2 Å². The third kappa shape index (κ3) is 3.77. The molecule has 3 saturated heterocycles. The summed E-state index contributed by atoms with van der Waals surface area (Å²) in [5, 5.41) is 13.3. The van der Waals surface area contributed by atoms with E-state index in [-0.39, 0.29) is 48.1 Å². The van der Waals surface area contributed by atoms with E-state index in [0.717, 1.165) is 12.8 Å². The summed E-state index contributed by atoms with van der Waals surface area (Å²) in [5.41, 5.74) is -0.462. The third-order valence-electron chi connectivity index (χ3n) is 7.33. The van der Waals surface area contributed by atoms with Crippen molar-refractivity contribution >= 4 is 29.5 Å². The minimum Gasteiger partial charge on any atom is -0.466 e. The van der Waals surface area contributed by atoms with Gasteiger partial charge in [-0.25, -0.2) is 0 Å². The number of rotatable bonds is 7. The van der Waals surface area contributed by atoms with Gasteiger partial charge < -0.3 is 20.1 Å². The van der Waals surface area contributed by atoms with Crippen LogP contribution in [-0.2, 0) is 19.1 Å². The van der Waals surface area contributed by atoms with Crippen molar-refractivity contribution in [3.05, 3.63) is 0 Å². The van der Waals surface area contributed by atoms with Crippen molar-refractivity contribution in [2.24, 2.45) is 23.7 Å². The Balaban J connectivity index is 2.13. The summed E-state index contributed by atoms with van der Waals surface area (Å²) in [7, 11) is 0. The van der Waals surface area contributed by atoms with Gasteiger partial charge in [-0.05, 0) is 46.0 Å². The Labute approximate surface area is 190 Å². The third-order valence-corrected chi connectivity index (χ3v) is 9.41. The molecule has 3 aliphatic heterocycles. The fraction of sp³-hybridized carbons (Fsp3) is 0.870. The molecule has 31 heavy (non-hydrogen) atoms. The van der Waals surface area contributed by atoms with Gasteiger partial charge in [-0.2, -0.15) is 0 Å². The number of aliphatic hydroxyl groups is 1. The van der Waals surface area contributed by atoms with Gasteiger partial charge in [0, 0.05) is 10.8 Å². The van der Waals surface area contributed by atoms with Crippen LogP contribution < -0.4 is 5.32 Å². The minimum atomic E-state index is -0.722. The summed E-state index contributed by atoms with van der Waals surface area (Å²) in [6.07, 6.45) is 1.55. The zero-order chi connectivity index (χ0) is 23.3. The molecule has 0 aromatic heterocycles. The summed E-state index contributed by atoms with van der Waals surface area (Å²) in [5.74, 6) is -1.75. The van der Waals surface area contributed by atoms with Gasteiger partial charge >= 0.3 is 5.97 Å². The van der Waals surface area contributed by atoms with Gasteiger partial charge in [0.05, 0.1) is 35.8 Å². The lowest BCUT2D eigenvalue weighted by Crippen LogP contribution is -2.61. The average Bonchev–Trinajstić information content (AvgIpc) is 3.25. The molecule has 3 aliphatic rings. The van der Waals surface area contributed by atoms with Gasteiger partial charge in [0.1, 0.15) is 6.04 Å². The second-order valence-corrected chi connectivity index (χ2v) is 12.0. The number of hydrogen-bond donors (Lipinski definition) is 2. The number of carbonyl (C=O) groups excluding carboxylic acids is 3. The molecule has 8 atom stereocenters. The molecule has 2 N–H and O–H groups in total. The molecular formula is C23H38N2O5S. The van der Waals surface area contributed by atoms with Crippen molar-refractivity contribution in [3.63, 3.8) is 0 Å². The molecule has 2 bridgehead atoms. The van der Waals surface area contributed by atoms with Crippen LogP contribution in [-0.4, -0.2) is 68.6 Å². The first-order valence-electron chi connectivity index (χ1n) is 11.5. The number of thioether (sulfide) groups is 1. The maximum atomic E-state index is 14.0. The molecule has 0 aromatic carbocycles. The van der Waals surface area contributed by atoms with Crippen LogP contribution in [0.1, 0.15) is 61.3 Å². The normalized spacial score (nSPS) is 36.3. The number of aliphatic hydroxyl groups excluding tert-OH is 1. The van der Waals surface area contributed by atoms with E-state index in [1.54, 1.807) is 23.6 Å². The number of hydrogen-bond acceptors (Lipinski definition) is 6. The summed E-state index contributed by atoms with van der Waals surface area (Å²) in [6.45, 7) is 13.7. The SMILES string of the molecule is CCOC(=O)[C@@H]1[C@@H]2CC(C)C3(S2)C(C(=O)NC(C)(C)C)N([C@@H](CO)[C@@H](C)CC)C(=O)[C@H]13. The molecule has 0 aliphatic carbocycles. The Kier molecular flexibility index (Phi) is 6.74. The fourth-order valence-corrected chi connectivity index (χ4v) is 8.27. The minimum absolute atomic E-state index is 0.0210. The smallest absolute Gasteiger partial charge is 0.310 e. The first-order chi connectivity index (χ1) is 14.4. The Hall–Kier alpha value is -1.28. The van der Waals surface area contributed by atoms with E-state index in [1.165, 1.54) is 0 Å². The van der Waals surface area contributed by atoms with E-state index in [4.69, 9.17) is 4.74 Å². The van der Waals surface area contributed by atoms with Crippen molar-refractivity contribution in [1.82, 2.24) is 10.2 Å². The zero-order valence-electron chi connectivity index (χ0n) is 19.8. The maximum Gasteiger partial charge on any atom is 0.310 e. The van der Waals surface area contributed by atoms with Gasteiger partial charge in [0.2, 0.25) is 11.8 Å². The summed E-state index contributed by atoms with van der Waals surface area (Å²) < 4.78 is 4.68. The van der Waals surface area contributed by atoms with Gasteiger partial charge in [-0.1, -0.05) is 27.2 Å². The molecule has 0 radical (unpaired) electrons. The molecule has 0 aromatic rings. The molecule has 176 valence electrons. The standard InChI is InChI=1S/C23H38N2O5S/c1-8-12(3)14(11-26)25-18(19(27)24-22(5,6)7)23-13(4)10-15(31-23)16(17(23)20(25)28)21(29)30-9-2/h12-18,26H,8-11H2,1-7H3,(H,24,27)/t12-,13?,14-,15-,16+,17-,18?,23?/m0/s1. The molecule has 2 amide bonds. The van der Waals surface area contributed by atoms with Gasteiger partial charge in [-0.3, -0.25) is 14.4 Å². The van der Waals surface area contributed by atoms with Gasteiger partial charge in [0.15, 0.2) is 0 Å². The van der Waals surface area contributed by atoms with Crippen LogP contribution in [0.2, 0.25) is 0 Å². The number of ether oxygens (including phenoxy) is 1. The summed E-state index contributed by atoms with van der Waals surface area (Å²) in [4.78, 5) is 42.2. The second kappa shape index (κ2) is 8.58. The molecule has 3 unspecified atom stereocenters. The highest BCUT2D eigenvalue weighted by atomic mass is 32.2. The highest BCUT2D eigenvalue weighted by Gasteiger charge is 2.77. The summed E-state index contributed by atoms with van der Waals surface area (Å²) in [6, 6.07) is -1.19. The molecule has 3 fully saturated rings. The molecule has 0 saturated carbocycles. The molecule has 7 nitrogen and oxygen atoms in total. The van der Waals surface area contributed by atoms with Crippen molar-refractivity contribution in [2.45, 2.75) is 88.9 Å². The predicted molar refractivity (Wildman–Crippen MR) is 120 cm³/mol. The Morgan fingerprint density at radius 2 is 2.00 bits per heavy atom. The lowest BCUT2D eigenvalue weighted by atomic mass is 9.66. The lowest BCUT2D eigenvalue weighted by Gasteiger charge is -2.42. The maximum absolute atomic E-state index is 14.0. The number of nitrogens with one attached hydrogen (secondary N) is 1. The number of carbonyl (C=O) groups is 3. The van der Waals surface area contributed by atoms with Crippen LogP contribution in [0.25, 0.3) is 0 Å². The summed E-state index contributed by atoms with van der Waals surface area (Å²) >= 11 is 1.63. The average molecular weight is 455 g/mol. The molecule has 8 heteroatoms. The highest BCUT2D eigenvalue weighted by molar-refractivity contribution is 8.02. The molecule has 3 heterocycles.